The maximum absolute atomic E-state index is 14.1. The Bertz CT molecular complexity index is 1180. The van der Waals surface area contributed by atoms with Crippen LogP contribution < -0.4 is 11.5 Å². The number of thiophene rings is 1. The number of nitrogen functional groups attached to an aromatic ring is 1. The minimum atomic E-state index is -0.818. The van der Waals surface area contributed by atoms with Crippen LogP contribution in [0.1, 0.15) is 16.1 Å². The van der Waals surface area contributed by atoms with Crippen molar-refractivity contribution in [2.45, 2.75) is 6.54 Å². The van der Waals surface area contributed by atoms with Crippen LogP contribution in [0, 0.1) is 11.6 Å². The van der Waals surface area contributed by atoms with Gasteiger partial charge in [-0.05, 0) is 41.3 Å². The highest BCUT2D eigenvalue weighted by Crippen LogP contribution is 2.34. The zero-order valence-corrected chi connectivity index (χ0v) is 15.8. The summed E-state index contributed by atoms with van der Waals surface area (Å²) in [6.45, 7) is -0.281. The highest BCUT2D eigenvalue weighted by atomic mass is 32.1. The molecule has 0 aliphatic rings. The van der Waals surface area contributed by atoms with Crippen LogP contribution in [0.4, 0.5) is 14.5 Å². The summed E-state index contributed by atoms with van der Waals surface area (Å²) in [5.41, 5.74) is 13.2. The van der Waals surface area contributed by atoms with Gasteiger partial charge >= 0.3 is 0 Å². The molecule has 6 nitrogen and oxygen atoms in total. The summed E-state index contributed by atoms with van der Waals surface area (Å²) < 4.78 is 29.5. The maximum Gasteiger partial charge on any atom is 0.271 e. The lowest BCUT2D eigenvalue weighted by atomic mass is 10.0. The first-order valence-corrected chi connectivity index (χ1v) is 9.43. The van der Waals surface area contributed by atoms with Crippen molar-refractivity contribution in [3.8, 4) is 21.7 Å². The average Bonchev–Trinajstić information content (AvgIpc) is 3.35. The number of halogens is 2. The Morgan fingerprint density at radius 2 is 1.86 bits per heavy atom. The summed E-state index contributed by atoms with van der Waals surface area (Å²) in [7, 11) is 0. The molecule has 1 amide bonds. The molecule has 0 spiro atoms. The molecule has 0 saturated heterocycles. The van der Waals surface area contributed by atoms with Crippen molar-refractivity contribution in [1.82, 2.24) is 15.0 Å². The molecule has 29 heavy (non-hydrogen) atoms. The molecule has 0 aliphatic heterocycles. The van der Waals surface area contributed by atoms with Gasteiger partial charge in [-0.1, -0.05) is 23.4 Å². The molecule has 2 aromatic carbocycles. The Labute approximate surface area is 168 Å². The number of carbonyl (C=O) groups is 1. The zero-order chi connectivity index (χ0) is 20.5. The summed E-state index contributed by atoms with van der Waals surface area (Å²) in [5, 5.41) is 9.66. The first-order valence-electron chi connectivity index (χ1n) is 8.55. The predicted molar refractivity (Wildman–Crippen MR) is 107 cm³/mol. The predicted octanol–water partition coefficient (Wildman–Crippen LogP) is 3.68. The summed E-state index contributed by atoms with van der Waals surface area (Å²) in [6.07, 6.45) is 0. The van der Waals surface area contributed by atoms with Crippen molar-refractivity contribution >= 4 is 22.9 Å². The number of hydrogen-bond acceptors (Lipinski definition) is 5. The molecule has 4 N–H and O–H groups in total. The van der Waals surface area contributed by atoms with E-state index in [1.807, 2.05) is 23.6 Å². The maximum atomic E-state index is 14.1. The number of benzene rings is 2. The van der Waals surface area contributed by atoms with E-state index in [1.54, 1.807) is 12.1 Å². The lowest BCUT2D eigenvalue weighted by Gasteiger charge is -2.12. The van der Waals surface area contributed by atoms with Crippen molar-refractivity contribution in [2.24, 2.45) is 5.73 Å². The normalized spacial score (nSPS) is 11.0. The number of amides is 1. The fourth-order valence-corrected chi connectivity index (χ4v) is 3.77. The number of carbonyl (C=O) groups excluding carboxylic acids is 1. The van der Waals surface area contributed by atoms with E-state index in [9.17, 15) is 13.6 Å². The van der Waals surface area contributed by atoms with Gasteiger partial charge in [-0.2, -0.15) is 0 Å². The van der Waals surface area contributed by atoms with Crippen molar-refractivity contribution < 1.29 is 13.6 Å². The molecule has 0 aliphatic carbocycles. The van der Waals surface area contributed by atoms with Gasteiger partial charge in [0.15, 0.2) is 5.69 Å². The monoisotopic (exact) mass is 411 g/mol. The molecule has 0 atom stereocenters. The Balaban J connectivity index is 1.89. The highest BCUT2D eigenvalue weighted by Gasteiger charge is 2.23. The molecule has 4 aromatic rings. The topological polar surface area (TPSA) is 99.8 Å². The number of primary amides is 1. The summed E-state index contributed by atoms with van der Waals surface area (Å²) in [4.78, 5) is 12.9. The molecule has 0 bridgehead atoms. The third-order valence-corrected chi connectivity index (χ3v) is 5.37. The second-order valence-corrected chi connectivity index (χ2v) is 7.24. The van der Waals surface area contributed by atoms with E-state index >= 15 is 0 Å². The minimum Gasteiger partial charge on any atom is -0.398 e. The van der Waals surface area contributed by atoms with Gasteiger partial charge < -0.3 is 11.5 Å². The van der Waals surface area contributed by atoms with E-state index in [-0.39, 0.29) is 23.5 Å². The molecular formula is C20H15F2N5OS. The third kappa shape index (κ3) is 3.47. The van der Waals surface area contributed by atoms with Gasteiger partial charge in [0.2, 0.25) is 0 Å². The number of aromatic nitrogens is 3. The van der Waals surface area contributed by atoms with Crippen LogP contribution in [-0.2, 0) is 6.54 Å². The molecule has 9 heteroatoms. The van der Waals surface area contributed by atoms with Crippen molar-refractivity contribution in [2.75, 3.05) is 5.73 Å². The van der Waals surface area contributed by atoms with Crippen LogP contribution in [0.25, 0.3) is 21.7 Å². The minimum absolute atomic E-state index is 0.128. The quantitative estimate of drug-likeness (QED) is 0.489. The second-order valence-electron chi connectivity index (χ2n) is 6.29. The van der Waals surface area contributed by atoms with Crippen molar-refractivity contribution in [1.29, 1.82) is 0 Å². The molecule has 0 unspecified atom stereocenters. The summed E-state index contributed by atoms with van der Waals surface area (Å²) in [5.74, 6) is -2.28. The van der Waals surface area contributed by atoms with Gasteiger partial charge in [-0.25, -0.2) is 13.5 Å². The van der Waals surface area contributed by atoms with Crippen LogP contribution in [0.15, 0.2) is 53.9 Å². The Morgan fingerprint density at radius 3 is 2.52 bits per heavy atom. The fraction of sp³-hybridized carbons (Fsp3) is 0.0500. The Morgan fingerprint density at radius 1 is 1.10 bits per heavy atom. The molecule has 146 valence electrons. The van der Waals surface area contributed by atoms with Gasteiger partial charge in [0.1, 0.15) is 17.3 Å². The molecule has 0 saturated carbocycles. The van der Waals surface area contributed by atoms with E-state index in [4.69, 9.17) is 11.5 Å². The first-order chi connectivity index (χ1) is 14.0. The van der Waals surface area contributed by atoms with Crippen molar-refractivity contribution in [3.63, 3.8) is 0 Å². The standard InChI is InChI=1S/C20H15F2N5OS/c21-14-3-1-4-15(22)13(14)10-27-19(18(20(24)28)25-26-27)12-9-11(6-7-16(12)23)17-5-2-8-29-17/h1-9H,10,23H2,(H2,24,28). The van der Waals surface area contributed by atoms with Gasteiger partial charge in [-0.15, -0.1) is 16.4 Å². The number of nitrogens with two attached hydrogens (primary N) is 2. The van der Waals surface area contributed by atoms with Crippen LogP contribution in [0.3, 0.4) is 0 Å². The van der Waals surface area contributed by atoms with Crippen molar-refractivity contribution in [3.05, 3.63) is 76.8 Å². The number of nitrogens with zero attached hydrogens (tertiary/aromatic N) is 3. The molecule has 0 fully saturated rings. The summed E-state index contributed by atoms with van der Waals surface area (Å²) >= 11 is 1.54. The van der Waals surface area contributed by atoms with Gasteiger partial charge in [0.05, 0.1) is 6.54 Å². The molecule has 2 aromatic heterocycles. The van der Waals surface area contributed by atoms with E-state index < -0.39 is 17.5 Å². The number of anilines is 1. The molecule has 4 rings (SSSR count). The molecule has 2 heterocycles. The largest absolute Gasteiger partial charge is 0.398 e. The van der Waals surface area contributed by atoms with E-state index in [0.717, 1.165) is 22.6 Å². The lowest BCUT2D eigenvalue weighted by Crippen LogP contribution is -2.14. The second kappa shape index (κ2) is 7.44. The van der Waals surface area contributed by atoms with Gasteiger partial charge in [0.25, 0.3) is 5.91 Å². The van der Waals surface area contributed by atoms with Crippen LogP contribution in [0.2, 0.25) is 0 Å². The van der Waals surface area contributed by atoms with Gasteiger partial charge in [-0.3, -0.25) is 4.79 Å². The van der Waals surface area contributed by atoms with Crippen LogP contribution >= 0.6 is 11.3 Å². The van der Waals surface area contributed by atoms with Crippen LogP contribution in [0.5, 0.6) is 0 Å². The van der Waals surface area contributed by atoms with Gasteiger partial charge in [0, 0.05) is 21.7 Å². The fourth-order valence-electron chi connectivity index (χ4n) is 3.05. The zero-order valence-electron chi connectivity index (χ0n) is 15.0. The third-order valence-electron chi connectivity index (χ3n) is 4.45. The first kappa shape index (κ1) is 18.8. The molecular weight excluding hydrogens is 396 g/mol. The SMILES string of the molecule is NC(=O)c1nnn(Cc2c(F)cccc2F)c1-c1cc(-c2cccs2)ccc1N. The number of rotatable bonds is 5. The van der Waals surface area contributed by atoms with E-state index in [0.29, 0.717) is 11.3 Å². The summed E-state index contributed by atoms with van der Waals surface area (Å²) in [6, 6.07) is 12.7. The number of hydrogen-bond donors (Lipinski definition) is 2. The smallest absolute Gasteiger partial charge is 0.271 e. The Hall–Kier alpha value is -3.59. The average molecular weight is 411 g/mol. The Kier molecular flexibility index (Phi) is 4.81. The van der Waals surface area contributed by atoms with Crippen LogP contribution in [-0.4, -0.2) is 20.9 Å². The van der Waals surface area contributed by atoms with E-state index in [2.05, 4.69) is 10.3 Å². The highest BCUT2D eigenvalue weighted by molar-refractivity contribution is 7.13. The molecule has 0 radical (unpaired) electrons. The lowest BCUT2D eigenvalue weighted by molar-refractivity contribution is 0.0996. The van der Waals surface area contributed by atoms with E-state index in [1.165, 1.54) is 22.1 Å².